The summed E-state index contributed by atoms with van der Waals surface area (Å²) >= 11 is 0. The fourth-order valence-electron chi connectivity index (χ4n) is 5.31. The van der Waals surface area contributed by atoms with Gasteiger partial charge in [0.1, 0.15) is 23.4 Å². The number of alkyl carbamates (subject to hydrolysis) is 1. The number of hydrogen-bond acceptors (Lipinski definition) is 11. The topological polar surface area (TPSA) is 171 Å². The number of hydrogen-bond donors (Lipinski definition) is 4. The first-order chi connectivity index (χ1) is 23.2. The number of H-pyrrole nitrogens is 1. The number of alkyl halides is 3. The van der Waals surface area contributed by atoms with Crippen LogP contribution in [0, 0.1) is 0 Å². The summed E-state index contributed by atoms with van der Waals surface area (Å²) in [6.45, 7) is 10.1. The number of anilines is 4. The third-order valence-corrected chi connectivity index (χ3v) is 7.51. The van der Waals surface area contributed by atoms with Crippen LogP contribution in [0.25, 0.3) is 22.3 Å². The number of carbonyl (C=O) groups is 2. The largest absolute Gasteiger partial charge is 0.490 e. The molecule has 0 aliphatic carbocycles. The molecule has 2 saturated heterocycles. The molecular formula is C32H38F3N9O5. The number of nitrogens with zero attached hydrogens (tertiary/aromatic N) is 6. The van der Waals surface area contributed by atoms with Crippen LogP contribution in [0.4, 0.5) is 41.1 Å². The van der Waals surface area contributed by atoms with Crippen LogP contribution in [0.5, 0.6) is 0 Å². The Morgan fingerprint density at radius 1 is 0.980 bits per heavy atom. The third-order valence-electron chi connectivity index (χ3n) is 7.51. The summed E-state index contributed by atoms with van der Waals surface area (Å²) in [5.41, 5.74) is 4.06. The highest BCUT2D eigenvalue weighted by Crippen LogP contribution is 2.30. The molecule has 1 amide bonds. The summed E-state index contributed by atoms with van der Waals surface area (Å²) in [5, 5.41) is 14.5. The summed E-state index contributed by atoms with van der Waals surface area (Å²) in [6.07, 6.45) is 1.53. The number of halogens is 3. The number of amides is 1. The Morgan fingerprint density at radius 2 is 1.65 bits per heavy atom. The average molecular weight is 686 g/mol. The molecule has 0 saturated carbocycles. The van der Waals surface area contributed by atoms with Gasteiger partial charge >= 0.3 is 18.2 Å². The number of aliphatic carboxylic acids is 1. The minimum absolute atomic E-state index is 0.0104. The van der Waals surface area contributed by atoms with Crippen molar-refractivity contribution in [1.29, 1.82) is 0 Å². The number of carboxylic acid groups (broad SMARTS) is 1. The predicted octanol–water partition coefficient (Wildman–Crippen LogP) is 5.12. The van der Waals surface area contributed by atoms with Crippen molar-refractivity contribution >= 4 is 46.2 Å². The van der Waals surface area contributed by atoms with Crippen LogP contribution in [0.2, 0.25) is 0 Å². The molecule has 49 heavy (non-hydrogen) atoms. The summed E-state index contributed by atoms with van der Waals surface area (Å²) < 4.78 is 42.6. The molecule has 0 spiro atoms. The van der Waals surface area contributed by atoms with E-state index in [2.05, 4.69) is 63.6 Å². The first-order valence-corrected chi connectivity index (χ1v) is 15.7. The van der Waals surface area contributed by atoms with Crippen LogP contribution in [-0.2, 0) is 14.3 Å². The minimum Gasteiger partial charge on any atom is -0.475 e. The van der Waals surface area contributed by atoms with Crippen molar-refractivity contribution in [2.24, 2.45) is 0 Å². The number of piperidine rings is 1. The fraction of sp³-hybridized carbons (Fsp3) is 0.438. The second-order valence-corrected chi connectivity index (χ2v) is 12.5. The lowest BCUT2D eigenvalue weighted by molar-refractivity contribution is -0.192. The zero-order valence-electron chi connectivity index (χ0n) is 27.3. The number of nitrogens with one attached hydrogen (secondary N) is 3. The van der Waals surface area contributed by atoms with Crippen molar-refractivity contribution < 1.29 is 37.3 Å². The van der Waals surface area contributed by atoms with Crippen LogP contribution in [-0.4, -0.2) is 99.3 Å². The maximum absolute atomic E-state index is 12.2. The lowest BCUT2D eigenvalue weighted by atomic mass is 10.1. The van der Waals surface area contributed by atoms with E-state index in [4.69, 9.17) is 19.4 Å². The number of carboxylic acids is 1. The lowest BCUT2D eigenvalue weighted by Gasteiger charge is -2.33. The van der Waals surface area contributed by atoms with Gasteiger partial charge in [0.05, 0.1) is 36.7 Å². The summed E-state index contributed by atoms with van der Waals surface area (Å²) in [5.74, 6) is -1.18. The first kappa shape index (κ1) is 35.1. The molecule has 262 valence electrons. The van der Waals surface area contributed by atoms with Gasteiger partial charge in [-0.25, -0.2) is 29.5 Å². The van der Waals surface area contributed by atoms with Gasteiger partial charge in [-0.05, 0) is 57.4 Å². The molecule has 4 N–H and O–H groups in total. The zero-order chi connectivity index (χ0) is 35.2. The number of benzene rings is 1. The number of carbonyl (C=O) groups excluding carboxylic acids is 1. The highest BCUT2D eigenvalue weighted by molar-refractivity contribution is 5.92. The smallest absolute Gasteiger partial charge is 0.475 e. The van der Waals surface area contributed by atoms with E-state index in [9.17, 15) is 18.0 Å². The maximum atomic E-state index is 12.2. The molecule has 2 aliphatic heterocycles. The summed E-state index contributed by atoms with van der Waals surface area (Å²) in [6, 6.07) is 10.3. The molecule has 14 nitrogen and oxygen atoms in total. The lowest BCUT2D eigenvalue weighted by Crippen LogP contribution is -2.49. The summed E-state index contributed by atoms with van der Waals surface area (Å²) in [4.78, 5) is 47.0. The van der Waals surface area contributed by atoms with E-state index in [0.29, 0.717) is 25.7 Å². The van der Waals surface area contributed by atoms with Crippen LogP contribution >= 0.6 is 0 Å². The van der Waals surface area contributed by atoms with Crippen LogP contribution in [0.3, 0.4) is 0 Å². The highest BCUT2D eigenvalue weighted by Gasteiger charge is 2.38. The second kappa shape index (κ2) is 14.9. The van der Waals surface area contributed by atoms with Gasteiger partial charge in [-0.2, -0.15) is 13.2 Å². The van der Waals surface area contributed by atoms with Crippen molar-refractivity contribution in [3.05, 3.63) is 49.1 Å². The highest BCUT2D eigenvalue weighted by atomic mass is 19.4. The molecule has 1 aromatic carbocycles. The van der Waals surface area contributed by atoms with Crippen LogP contribution in [0.15, 0.2) is 49.1 Å². The molecular weight excluding hydrogens is 647 g/mol. The van der Waals surface area contributed by atoms with E-state index in [-0.39, 0.29) is 6.04 Å². The van der Waals surface area contributed by atoms with Gasteiger partial charge in [-0.3, -0.25) is 0 Å². The van der Waals surface area contributed by atoms with Crippen LogP contribution in [0.1, 0.15) is 33.6 Å². The van der Waals surface area contributed by atoms with Gasteiger partial charge in [-0.15, -0.1) is 0 Å². The quantitative estimate of drug-likeness (QED) is 0.212. The van der Waals surface area contributed by atoms with Gasteiger partial charge in [0.15, 0.2) is 0 Å². The molecule has 6 rings (SSSR count). The van der Waals surface area contributed by atoms with Crippen molar-refractivity contribution in [2.45, 2.75) is 51.4 Å². The van der Waals surface area contributed by atoms with E-state index in [1.807, 2.05) is 32.9 Å². The van der Waals surface area contributed by atoms with Gasteiger partial charge in [-0.1, -0.05) is 12.1 Å². The maximum Gasteiger partial charge on any atom is 0.490 e. The van der Waals surface area contributed by atoms with E-state index in [1.165, 1.54) is 0 Å². The Morgan fingerprint density at radius 3 is 2.29 bits per heavy atom. The SMILES string of the molecule is CC(C)(C)OC(=O)N[C@@H]1CCCN(c2ncc(Nc3ccc(-c4cc5c(N6CCOCC6)ncnc5[nH]4)cc3)cn2)C1.O=C(O)C(F)(F)F. The van der Waals surface area contributed by atoms with Crippen molar-refractivity contribution in [3.8, 4) is 11.3 Å². The monoisotopic (exact) mass is 685 g/mol. The fourth-order valence-corrected chi connectivity index (χ4v) is 5.31. The Bertz CT molecular complexity index is 1720. The van der Waals surface area contributed by atoms with E-state index in [0.717, 1.165) is 72.0 Å². The Balaban J connectivity index is 0.000000606. The van der Waals surface area contributed by atoms with Crippen molar-refractivity contribution in [2.75, 3.05) is 54.5 Å². The van der Waals surface area contributed by atoms with Gasteiger partial charge in [0.25, 0.3) is 0 Å². The third kappa shape index (κ3) is 9.68. The average Bonchev–Trinajstić information content (AvgIpc) is 3.50. The molecule has 4 aromatic rings. The van der Waals surface area contributed by atoms with Gasteiger partial charge in [0, 0.05) is 43.6 Å². The molecule has 2 aliphatic rings. The molecule has 1 atom stereocenters. The Hall–Kier alpha value is -5.19. The number of rotatable bonds is 6. The van der Waals surface area contributed by atoms with Crippen molar-refractivity contribution in [3.63, 3.8) is 0 Å². The molecule has 0 radical (unpaired) electrons. The molecule has 17 heteroatoms. The standard InChI is InChI=1S/C30H37N9O3.C2HF3O2/c1-30(2,3)42-29(40)36-22-5-4-10-39(18-22)28-31-16-23(17-32-28)35-21-8-6-20(7-9-21)25-15-24-26(37-25)33-19-34-27(24)38-11-13-41-14-12-38;3-2(4,5)1(6)7/h6-9,15-17,19,22,35H,4-5,10-14,18H2,1-3H3,(H,36,40)(H,33,34,37);(H,6,7)/t22-;/m1./s1. The number of morpholine rings is 1. The Labute approximate surface area is 280 Å². The van der Waals surface area contributed by atoms with E-state index < -0.39 is 23.8 Å². The number of ether oxygens (including phenoxy) is 2. The number of fused-ring (bicyclic) bond motifs is 1. The normalized spacial score (nSPS) is 16.8. The minimum atomic E-state index is -5.08. The zero-order valence-corrected chi connectivity index (χ0v) is 27.3. The molecule has 2 fully saturated rings. The molecule has 0 unspecified atom stereocenters. The van der Waals surface area contributed by atoms with Gasteiger partial charge < -0.3 is 40.0 Å². The number of aromatic nitrogens is 5. The van der Waals surface area contributed by atoms with Crippen molar-refractivity contribution in [1.82, 2.24) is 30.2 Å². The second-order valence-electron chi connectivity index (χ2n) is 12.5. The van der Waals surface area contributed by atoms with Gasteiger partial charge in [0.2, 0.25) is 5.95 Å². The number of aromatic amines is 1. The molecule has 3 aromatic heterocycles. The van der Waals surface area contributed by atoms with E-state index in [1.54, 1.807) is 18.7 Å². The molecule has 5 heterocycles. The molecule has 0 bridgehead atoms. The Kier molecular flexibility index (Phi) is 10.7. The van der Waals surface area contributed by atoms with Crippen LogP contribution < -0.4 is 20.4 Å². The predicted molar refractivity (Wildman–Crippen MR) is 176 cm³/mol. The van der Waals surface area contributed by atoms with E-state index >= 15 is 0 Å². The summed E-state index contributed by atoms with van der Waals surface area (Å²) in [7, 11) is 0. The first-order valence-electron chi connectivity index (χ1n) is 15.7.